The number of thiophene rings is 1. The van der Waals surface area contributed by atoms with Gasteiger partial charge in [0.2, 0.25) is 0 Å². The zero-order chi connectivity index (χ0) is 14.7. The average Bonchev–Trinajstić information content (AvgIpc) is 3.20. The largest absolute Gasteiger partial charge is 0.347 e. The lowest BCUT2D eigenvalue weighted by molar-refractivity contribution is 0.580. The fourth-order valence-electron chi connectivity index (χ4n) is 2.25. The Balaban J connectivity index is 1.68. The lowest BCUT2D eigenvalue weighted by Crippen LogP contribution is -2.26. The van der Waals surface area contributed by atoms with Crippen LogP contribution in [0, 0.1) is 0 Å². The van der Waals surface area contributed by atoms with Gasteiger partial charge in [-0.25, -0.2) is 4.98 Å². The molecule has 0 spiro atoms. The van der Waals surface area contributed by atoms with Gasteiger partial charge in [0.1, 0.15) is 5.82 Å². The molecule has 0 atom stereocenters. The van der Waals surface area contributed by atoms with Crippen LogP contribution in [-0.4, -0.2) is 22.1 Å². The summed E-state index contributed by atoms with van der Waals surface area (Å²) in [4.78, 5) is 12.9. The maximum Gasteiger partial charge on any atom is 0.147 e. The van der Waals surface area contributed by atoms with E-state index in [0.717, 1.165) is 24.6 Å². The Morgan fingerprint density at radius 1 is 1.33 bits per heavy atom. The molecule has 2 aromatic heterocycles. The van der Waals surface area contributed by atoms with Crippen LogP contribution in [0.25, 0.3) is 0 Å². The van der Waals surface area contributed by atoms with Gasteiger partial charge in [0, 0.05) is 23.5 Å². The monoisotopic (exact) mass is 302 g/mol. The van der Waals surface area contributed by atoms with Gasteiger partial charge in [0.25, 0.3) is 0 Å². The van der Waals surface area contributed by atoms with Crippen molar-refractivity contribution in [3.63, 3.8) is 0 Å². The molecule has 0 unspecified atom stereocenters. The number of anilines is 1. The van der Waals surface area contributed by atoms with Crippen molar-refractivity contribution in [3.05, 3.63) is 40.5 Å². The standard InChI is InChI=1S/C16H22N4S/c1-12(2)17-8-13-9-19-16(10-18-13)20(14-5-6-14)11-15-4-3-7-21-15/h3-4,7,9-10,12,14,17H,5-6,8,11H2,1-2H3. The molecular formula is C16H22N4S. The number of rotatable bonds is 7. The van der Waals surface area contributed by atoms with Crippen LogP contribution in [0.4, 0.5) is 5.82 Å². The van der Waals surface area contributed by atoms with Crippen LogP contribution in [0.15, 0.2) is 29.9 Å². The van der Waals surface area contributed by atoms with E-state index in [1.807, 2.05) is 12.4 Å². The topological polar surface area (TPSA) is 41.1 Å². The summed E-state index contributed by atoms with van der Waals surface area (Å²) in [5, 5.41) is 5.50. The van der Waals surface area contributed by atoms with Gasteiger partial charge >= 0.3 is 0 Å². The first-order valence-electron chi connectivity index (χ1n) is 7.55. The number of aromatic nitrogens is 2. The molecule has 21 heavy (non-hydrogen) atoms. The molecule has 1 N–H and O–H groups in total. The molecule has 0 saturated heterocycles. The van der Waals surface area contributed by atoms with Crippen LogP contribution in [0.2, 0.25) is 0 Å². The zero-order valence-electron chi connectivity index (χ0n) is 12.6. The molecule has 2 heterocycles. The first-order valence-corrected chi connectivity index (χ1v) is 8.43. The predicted molar refractivity (Wildman–Crippen MR) is 87.5 cm³/mol. The van der Waals surface area contributed by atoms with Crippen molar-refractivity contribution in [3.8, 4) is 0 Å². The molecule has 1 saturated carbocycles. The van der Waals surface area contributed by atoms with E-state index in [4.69, 9.17) is 0 Å². The Labute approximate surface area is 130 Å². The molecule has 0 aliphatic heterocycles. The fourth-order valence-corrected chi connectivity index (χ4v) is 2.95. The van der Waals surface area contributed by atoms with Crippen molar-refractivity contribution in [1.29, 1.82) is 0 Å². The van der Waals surface area contributed by atoms with Crippen molar-refractivity contribution in [2.24, 2.45) is 0 Å². The smallest absolute Gasteiger partial charge is 0.147 e. The molecule has 0 amide bonds. The minimum atomic E-state index is 0.466. The molecular weight excluding hydrogens is 280 g/mol. The van der Waals surface area contributed by atoms with E-state index >= 15 is 0 Å². The Hall–Kier alpha value is -1.46. The van der Waals surface area contributed by atoms with E-state index in [9.17, 15) is 0 Å². The first-order chi connectivity index (χ1) is 10.2. The van der Waals surface area contributed by atoms with E-state index in [1.54, 1.807) is 11.3 Å². The predicted octanol–water partition coefficient (Wildman–Crippen LogP) is 3.21. The Bertz CT molecular complexity index is 546. The SMILES string of the molecule is CC(C)NCc1cnc(N(Cc2cccs2)C2CC2)cn1. The molecule has 5 heteroatoms. The second kappa shape index (κ2) is 6.54. The molecule has 0 bridgehead atoms. The van der Waals surface area contributed by atoms with E-state index in [2.05, 4.69) is 51.5 Å². The summed E-state index contributed by atoms with van der Waals surface area (Å²) < 4.78 is 0. The average molecular weight is 302 g/mol. The molecule has 112 valence electrons. The summed E-state index contributed by atoms with van der Waals surface area (Å²) in [5.74, 6) is 0.999. The van der Waals surface area contributed by atoms with Crippen LogP contribution in [0.5, 0.6) is 0 Å². The van der Waals surface area contributed by atoms with Crippen molar-refractivity contribution in [2.75, 3.05) is 4.90 Å². The Morgan fingerprint density at radius 3 is 2.76 bits per heavy atom. The highest BCUT2D eigenvalue weighted by molar-refractivity contribution is 7.09. The number of nitrogens with one attached hydrogen (secondary N) is 1. The normalized spacial score (nSPS) is 14.6. The number of hydrogen-bond acceptors (Lipinski definition) is 5. The second-order valence-electron chi connectivity index (χ2n) is 5.84. The third-order valence-electron chi connectivity index (χ3n) is 3.57. The van der Waals surface area contributed by atoms with Gasteiger partial charge in [-0.05, 0) is 24.3 Å². The minimum Gasteiger partial charge on any atom is -0.347 e. The van der Waals surface area contributed by atoms with E-state index < -0.39 is 0 Å². The molecule has 1 fully saturated rings. The number of nitrogens with zero attached hydrogens (tertiary/aromatic N) is 3. The summed E-state index contributed by atoms with van der Waals surface area (Å²) in [6.45, 7) is 6.00. The van der Waals surface area contributed by atoms with Gasteiger partial charge in [0.15, 0.2) is 0 Å². The molecule has 0 aromatic carbocycles. The van der Waals surface area contributed by atoms with E-state index in [1.165, 1.54) is 17.7 Å². The van der Waals surface area contributed by atoms with Gasteiger partial charge < -0.3 is 10.2 Å². The fraction of sp³-hybridized carbons (Fsp3) is 0.500. The molecule has 1 aliphatic carbocycles. The van der Waals surface area contributed by atoms with Gasteiger partial charge in [-0.3, -0.25) is 4.98 Å². The summed E-state index contributed by atoms with van der Waals surface area (Å²) in [7, 11) is 0. The Kier molecular flexibility index (Phi) is 4.51. The van der Waals surface area contributed by atoms with Crippen LogP contribution in [-0.2, 0) is 13.1 Å². The molecule has 4 nitrogen and oxygen atoms in total. The van der Waals surface area contributed by atoms with Crippen LogP contribution < -0.4 is 10.2 Å². The van der Waals surface area contributed by atoms with Crippen LogP contribution in [0.1, 0.15) is 37.3 Å². The van der Waals surface area contributed by atoms with Gasteiger partial charge in [-0.2, -0.15) is 0 Å². The van der Waals surface area contributed by atoms with Crippen LogP contribution in [0.3, 0.4) is 0 Å². The first kappa shape index (κ1) is 14.5. The van der Waals surface area contributed by atoms with E-state index in [-0.39, 0.29) is 0 Å². The van der Waals surface area contributed by atoms with E-state index in [0.29, 0.717) is 12.1 Å². The summed E-state index contributed by atoms with van der Waals surface area (Å²) in [6.07, 6.45) is 6.35. The third-order valence-corrected chi connectivity index (χ3v) is 4.43. The molecule has 2 aromatic rings. The van der Waals surface area contributed by atoms with Gasteiger partial charge in [-0.15, -0.1) is 11.3 Å². The van der Waals surface area contributed by atoms with Crippen molar-refractivity contribution >= 4 is 17.2 Å². The summed E-state index contributed by atoms with van der Waals surface area (Å²) in [5.41, 5.74) is 0.999. The molecule has 1 aliphatic rings. The van der Waals surface area contributed by atoms with Crippen molar-refractivity contribution < 1.29 is 0 Å². The molecule has 3 rings (SSSR count). The maximum absolute atomic E-state index is 4.63. The highest BCUT2D eigenvalue weighted by atomic mass is 32.1. The van der Waals surface area contributed by atoms with Crippen molar-refractivity contribution in [2.45, 2.75) is 51.9 Å². The Morgan fingerprint density at radius 2 is 2.19 bits per heavy atom. The van der Waals surface area contributed by atoms with Gasteiger partial charge in [0.05, 0.1) is 24.6 Å². The summed E-state index contributed by atoms with van der Waals surface area (Å²) >= 11 is 1.81. The summed E-state index contributed by atoms with van der Waals surface area (Å²) in [6, 6.07) is 5.40. The zero-order valence-corrected chi connectivity index (χ0v) is 13.4. The second-order valence-corrected chi connectivity index (χ2v) is 6.87. The lowest BCUT2D eigenvalue weighted by Gasteiger charge is -2.22. The number of hydrogen-bond donors (Lipinski definition) is 1. The van der Waals surface area contributed by atoms with Gasteiger partial charge in [-0.1, -0.05) is 19.9 Å². The van der Waals surface area contributed by atoms with Crippen molar-refractivity contribution in [1.82, 2.24) is 15.3 Å². The lowest BCUT2D eigenvalue weighted by atomic mass is 10.3. The molecule has 0 radical (unpaired) electrons. The minimum absolute atomic E-state index is 0.466. The quantitative estimate of drug-likeness (QED) is 0.853. The third kappa shape index (κ3) is 4.02. The highest BCUT2D eigenvalue weighted by Gasteiger charge is 2.30. The maximum atomic E-state index is 4.63. The van der Waals surface area contributed by atoms with Crippen LogP contribution >= 0.6 is 11.3 Å². The highest BCUT2D eigenvalue weighted by Crippen LogP contribution is 2.32.